The molecule has 1 atom stereocenters. The largest absolute Gasteiger partial charge is 0.355 e. The predicted octanol–water partition coefficient (Wildman–Crippen LogP) is 0.277. The fourth-order valence-electron chi connectivity index (χ4n) is 1.75. The zero-order valence-corrected chi connectivity index (χ0v) is 11.6. The zero-order valence-electron chi connectivity index (χ0n) is 11.6. The summed E-state index contributed by atoms with van der Waals surface area (Å²) in [7, 11) is 0. The Bertz CT molecular complexity index is 553. The molecule has 0 spiro atoms. The standard InChI is InChI=1S/C13H18N6O/c1-3-14-13(20)10(2)15-9-12-16-17-18-19(12)11-7-5-4-6-8-11/h4-8,10,15H,3,9H2,1-2H3,(H,14,20). The highest BCUT2D eigenvalue weighted by Gasteiger charge is 2.13. The Balaban J connectivity index is 2.01. The van der Waals surface area contributed by atoms with Crippen LogP contribution in [0.1, 0.15) is 19.7 Å². The Labute approximate surface area is 117 Å². The zero-order chi connectivity index (χ0) is 14.4. The molecule has 106 valence electrons. The van der Waals surface area contributed by atoms with Crippen molar-refractivity contribution in [3.8, 4) is 5.69 Å². The summed E-state index contributed by atoms with van der Waals surface area (Å²) in [6, 6.07) is 9.33. The summed E-state index contributed by atoms with van der Waals surface area (Å²) >= 11 is 0. The van der Waals surface area contributed by atoms with Gasteiger partial charge in [0.05, 0.1) is 18.3 Å². The topological polar surface area (TPSA) is 84.7 Å². The second-order valence-corrected chi connectivity index (χ2v) is 4.34. The Kier molecular flexibility index (Phi) is 4.78. The molecule has 0 aliphatic carbocycles. The van der Waals surface area contributed by atoms with Gasteiger partial charge in [0.1, 0.15) is 0 Å². The number of hydrogen-bond acceptors (Lipinski definition) is 5. The summed E-state index contributed by atoms with van der Waals surface area (Å²) in [5.74, 6) is 0.624. The third kappa shape index (κ3) is 3.39. The molecular weight excluding hydrogens is 256 g/mol. The molecule has 0 aliphatic heterocycles. The van der Waals surface area contributed by atoms with E-state index in [0.29, 0.717) is 18.9 Å². The monoisotopic (exact) mass is 274 g/mol. The van der Waals surface area contributed by atoms with Crippen LogP contribution < -0.4 is 10.6 Å². The van der Waals surface area contributed by atoms with Crippen LogP contribution in [0.5, 0.6) is 0 Å². The van der Waals surface area contributed by atoms with Gasteiger partial charge in [-0.15, -0.1) is 5.10 Å². The van der Waals surface area contributed by atoms with E-state index in [1.54, 1.807) is 4.68 Å². The van der Waals surface area contributed by atoms with Gasteiger partial charge in [0.15, 0.2) is 5.82 Å². The van der Waals surface area contributed by atoms with Gasteiger partial charge in [-0.3, -0.25) is 10.1 Å². The lowest BCUT2D eigenvalue weighted by Gasteiger charge is -2.12. The van der Waals surface area contributed by atoms with E-state index in [0.717, 1.165) is 5.69 Å². The Hall–Kier alpha value is -2.28. The van der Waals surface area contributed by atoms with Gasteiger partial charge in [0, 0.05) is 6.54 Å². The van der Waals surface area contributed by atoms with Gasteiger partial charge < -0.3 is 5.32 Å². The Morgan fingerprint density at radius 2 is 2.10 bits per heavy atom. The first-order valence-corrected chi connectivity index (χ1v) is 6.56. The molecule has 0 bridgehead atoms. The van der Waals surface area contributed by atoms with Gasteiger partial charge in [-0.1, -0.05) is 18.2 Å². The molecule has 1 aromatic heterocycles. The molecule has 7 nitrogen and oxygen atoms in total. The number of aromatic nitrogens is 4. The Morgan fingerprint density at radius 3 is 2.80 bits per heavy atom. The van der Waals surface area contributed by atoms with Crippen molar-refractivity contribution in [2.24, 2.45) is 0 Å². The summed E-state index contributed by atoms with van der Waals surface area (Å²) in [5.41, 5.74) is 0.889. The SMILES string of the molecule is CCNC(=O)C(C)NCc1nnnn1-c1ccccc1. The van der Waals surface area contributed by atoms with Crippen LogP contribution in [0.3, 0.4) is 0 Å². The van der Waals surface area contributed by atoms with Gasteiger partial charge in [0.25, 0.3) is 0 Å². The van der Waals surface area contributed by atoms with E-state index < -0.39 is 0 Å². The lowest BCUT2D eigenvalue weighted by molar-refractivity contribution is -0.122. The van der Waals surface area contributed by atoms with Crippen molar-refractivity contribution in [3.63, 3.8) is 0 Å². The first kappa shape index (κ1) is 14.1. The van der Waals surface area contributed by atoms with Crippen molar-refractivity contribution < 1.29 is 4.79 Å². The number of carbonyl (C=O) groups is 1. The molecule has 0 fully saturated rings. The summed E-state index contributed by atoms with van der Waals surface area (Å²) < 4.78 is 1.65. The van der Waals surface area contributed by atoms with E-state index in [1.807, 2.05) is 44.2 Å². The molecule has 0 saturated carbocycles. The fourth-order valence-corrected chi connectivity index (χ4v) is 1.75. The molecule has 0 radical (unpaired) electrons. The first-order valence-electron chi connectivity index (χ1n) is 6.56. The maximum absolute atomic E-state index is 11.6. The highest BCUT2D eigenvalue weighted by atomic mass is 16.2. The minimum absolute atomic E-state index is 0.0359. The van der Waals surface area contributed by atoms with Crippen molar-refractivity contribution in [2.75, 3.05) is 6.54 Å². The molecule has 1 aromatic carbocycles. The average Bonchev–Trinajstić information content (AvgIpc) is 2.94. The minimum Gasteiger partial charge on any atom is -0.355 e. The molecular formula is C13H18N6O. The Morgan fingerprint density at radius 1 is 1.35 bits per heavy atom. The highest BCUT2D eigenvalue weighted by molar-refractivity contribution is 5.81. The third-order valence-corrected chi connectivity index (χ3v) is 2.85. The average molecular weight is 274 g/mol. The van der Waals surface area contributed by atoms with Crippen LogP contribution in [0.2, 0.25) is 0 Å². The molecule has 1 unspecified atom stereocenters. The van der Waals surface area contributed by atoms with Crippen molar-refractivity contribution >= 4 is 5.91 Å². The molecule has 7 heteroatoms. The fraction of sp³-hybridized carbons (Fsp3) is 0.385. The van der Waals surface area contributed by atoms with E-state index in [2.05, 4.69) is 26.2 Å². The maximum atomic E-state index is 11.6. The maximum Gasteiger partial charge on any atom is 0.236 e. The number of nitrogens with one attached hydrogen (secondary N) is 2. The molecule has 2 N–H and O–H groups in total. The van der Waals surface area contributed by atoms with Crippen molar-refractivity contribution in [1.29, 1.82) is 0 Å². The normalized spacial score (nSPS) is 12.1. The number of tetrazole rings is 1. The van der Waals surface area contributed by atoms with Gasteiger partial charge in [-0.25, -0.2) is 0 Å². The summed E-state index contributed by atoms with van der Waals surface area (Å²) in [6.07, 6.45) is 0. The van der Waals surface area contributed by atoms with Crippen LogP contribution in [0.4, 0.5) is 0 Å². The number of hydrogen-bond donors (Lipinski definition) is 2. The van der Waals surface area contributed by atoms with E-state index in [1.165, 1.54) is 0 Å². The van der Waals surface area contributed by atoms with Crippen molar-refractivity contribution in [3.05, 3.63) is 36.2 Å². The van der Waals surface area contributed by atoms with Gasteiger partial charge in [0.2, 0.25) is 5.91 Å². The van der Waals surface area contributed by atoms with Crippen LogP contribution in [0.25, 0.3) is 5.69 Å². The number of rotatable bonds is 6. The minimum atomic E-state index is -0.295. The van der Waals surface area contributed by atoms with E-state index in [9.17, 15) is 4.79 Å². The quantitative estimate of drug-likeness (QED) is 0.790. The second kappa shape index (κ2) is 6.76. The first-order chi connectivity index (χ1) is 9.72. The second-order valence-electron chi connectivity index (χ2n) is 4.34. The molecule has 1 amide bonds. The van der Waals surface area contributed by atoms with Crippen LogP contribution in [-0.4, -0.2) is 38.7 Å². The van der Waals surface area contributed by atoms with E-state index >= 15 is 0 Å². The van der Waals surface area contributed by atoms with Crippen molar-refractivity contribution in [2.45, 2.75) is 26.4 Å². The van der Waals surface area contributed by atoms with Gasteiger partial charge in [-0.2, -0.15) is 4.68 Å². The van der Waals surface area contributed by atoms with Crippen molar-refractivity contribution in [1.82, 2.24) is 30.8 Å². The van der Waals surface area contributed by atoms with Gasteiger partial charge >= 0.3 is 0 Å². The van der Waals surface area contributed by atoms with Gasteiger partial charge in [-0.05, 0) is 36.4 Å². The number of carbonyl (C=O) groups excluding carboxylic acids is 1. The van der Waals surface area contributed by atoms with E-state index in [-0.39, 0.29) is 11.9 Å². The number of para-hydroxylation sites is 1. The molecule has 0 aliphatic rings. The van der Waals surface area contributed by atoms with Crippen LogP contribution >= 0.6 is 0 Å². The predicted molar refractivity (Wildman–Crippen MR) is 74.1 cm³/mol. The number of benzene rings is 1. The molecule has 2 rings (SSSR count). The summed E-state index contributed by atoms with van der Waals surface area (Å²) in [6.45, 7) is 4.73. The lowest BCUT2D eigenvalue weighted by Crippen LogP contribution is -2.42. The molecule has 20 heavy (non-hydrogen) atoms. The number of nitrogens with zero attached hydrogens (tertiary/aromatic N) is 4. The number of amides is 1. The van der Waals surface area contributed by atoms with Crippen LogP contribution in [0.15, 0.2) is 30.3 Å². The number of likely N-dealkylation sites (N-methyl/N-ethyl adjacent to an activating group) is 1. The van der Waals surface area contributed by atoms with Crippen LogP contribution in [0, 0.1) is 0 Å². The third-order valence-electron chi connectivity index (χ3n) is 2.85. The molecule has 2 aromatic rings. The smallest absolute Gasteiger partial charge is 0.236 e. The molecule has 1 heterocycles. The highest BCUT2D eigenvalue weighted by Crippen LogP contribution is 2.06. The summed E-state index contributed by atoms with van der Waals surface area (Å²) in [4.78, 5) is 11.6. The van der Waals surface area contributed by atoms with E-state index in [4.69, 9.17) is 0 Å². The lowest BCUT2D eigenvalue weighted by atomic mass is 10.3. The van der Waals surface area contributed by atoms with Crippen LogP contribution in [-0.2, 0) is 11.3 Å². The molecule has 0 saturated heterocycles. The summed E-state index contributed by atoms with van der Waals surface area (Å²) in [5, 5.41) is 17.5.